The van der Waals surface area contributed by atoms with Gasteiger partial charge in [-0.25, -0.2) is 8.42 Å². The zero-order valence-corrected chi connectivity index (χ0v) is 18.5. The van der Waals surface area contributed by atoms with E-state index in [0.717, 1.165) is 37.1 Å². The number of piperidine rings is 1. The molecule has 0 spiro atoms. The molecule has 0 bridgehead atoms. The fraction of sp³-hybridized carbons (Fsp3) is 0.280. The lowest BCUT2D eigenvalue weighted by Crippen LogP contribution is -2.41. The summed E-state index contributed by atoms with van der Waals surface area (Å²) in [7, 11) is -2.12. The van der Waals surface area contributed by atoms with Gasteiger partial charge in [-0.1, -0.05) is 48.5 Å². The second-order valence-electron chi connectivity index (χ2n) is 7.81. The van der Waals surface area contributed by atoms with Gasteiger partial charge in [-0.15, -0.1) is 0 Å². The summed E-state index contributed by atoms with van der Waals surface area (Å²) in [4.78, 5) is 0.300. The quantitative estimate of drug-likeness (QED) is 0.590. The Morgan fingerprint density at radius 1 is 1.00 bits per heavy atom. The van der Waals surface area contributed by atoms with Crippen molar-refractivity contribution in [1.82, 2.24) is 5.32 Å². The number of nitrogens with zero attached hydrogens (tertiary/aromatic N) is 1. The highest BCUT2D eigenvalue weighted by molar-refractivity contribution is 7.92. The van der Waals surface area contributed by atoms with E-state index >= 15 is 0 Å². The predicted octanol–water partition coefficient (Wildman–Crippen LogP) is 4.56. The Morgan fingerprint density at radius 2 is 1.71 bits per heavy atom. The molecule has 1 unspecified atom stereocenters. The van der Waals surface area contributed by atoms with Crippen LogP contribution < -0.4 is 14.4 Å². The van der Waals surface area contributed by atoms with E-state index in [2.05, 4.69) is 5.32 Å². The fourth-order valence-electron chi connectivity index (χ4n) is 4.07. The minimum Gasteiger partial charge on any atom is -0.497 e. The largest absolute Gasteiger partial charge is 0.497 e. The molecule has 0 amide bonds. The Morgan fingerprint density at radius 3 is 2.35 bits per heavy atom. The maximum atomic E-state index is 13.8. The van der Waals surface area contributed by atoms with Crippen molar-refractivity contribution in [2.75, 3.05) is 31.0 Å². The molecule has 1 atom stereocenters. The van der Waals surface area contributed by atoms with Crippen molar-refractivity contribution >= 4 is 15.7 Å². The molecule has 1 N–H and O–H groups in total. The van der Waals surface area contributed by atoms with E-state index in [-0.39, 0.29) is 5.92 Å². The van der Waals surface area contributed by atoms with E-state index in [4.69, 9.17) is 4.74 Å². The number of hydrogen-bond donors (Lipinski definition) is 1. The fourth-order valence-corrected chi connectivity index (χ4v) is 5.65. The molecule has 1 aliphatic rings. The normalized spacial score (nSPS) is 16.6. The Kier molecular flexibility index (Phi) is 6.59. The molecule has 162 valence electrons. The number of benzene rings is 3. The molecule has 3 aromatic rings. The van der Waals surface area contributed by atoms with Crippen LogP contribution in [0.15, 0.2) is 83.8 Å². The summed E-state index contributed by atoms with van der Waals surface area (Å²) in [5, 5.41) is 3.41. The number of methoxy groups -OCH3 is 1. The Bertz CT molecular complexity index is 1100. The van der Waals surface area contributed by atoms with Crippen LogP contribution in [-0.4, -0.2) is 35.2 Å². The first-order chi connectivity index (χ1) is 15.1. The van der Waals surface area contributed by atoms with Gasteiger partial charge in [0.1, 0.15) is 5.75 Å². The van der Waals surface area contributed by atoms with Gasteiger partial charge in [0.2, 0.25) is 0 Å². The molecule has 0 aliphatic carbocycles. The lowest BCUT2D eigenvalue weighted by atomic mass is 9.98. The molecule has 0 radical (unpaired) electrons. The first-order valence-corrected chi connectivity index (χ1v) is 12.1. The SMILES string of the molecule is COc1ccc(N(CC2CCCNC2)S(=O)(=O)c2ccccc2)c(-c2ccccc2)c1. The van der Waals surface area contributed by atoms with E-state index in [9.17, 15) is 8.42 Å². The highest BCUT2D eigenvalue weighted by atomic mass is 32.2. The van der Waals surface area contributed by atoms with Crippen LogP contribution in [0.1, 0.15) is 12.8 Å². The summed E-state index contributed by atoms with van der Waals surface area (Å²) < 4.78 is 34.7. The molecule has 0 aromatic heterocycles. The third kappa shape index (κ3) is 4.75. The Hall–Kier alpha value is -2.83. The van der Waals surface area contributed by atoms with Crippen LogP contribution in [0, 0.1) is 5.92 Å². The third-order valence-corrected chi connectivity index (χ3v) is 7.51. The van der Waals surface area contributed by atoms with Crippen LogP contribution in [0.4, 0.5) is 5.69 Å². The minimum absolute atomic E-state index is 0.248. The Balaban J connectivity index is 1.85. The van der Waals surface area contributed by atoms with Crippen molar-refractivity contribution in [2.24, 2.45) is 5.92 Å². The van der Waals surface area contributed by atoms with E-state index < -0.39 is 10.0 Å². The topological polar surface area (TPSA) is 58.6 Å². The van der Waals surface area contributed by atoms with Crippen molar-refractivity contribution < 1.29 is 13.2 Å². The van der Waals surface area contributed by atoms with Gasteiger partial charge in [0.15, 0.2) is 0 Å². The second-order valence-corrected chi connectivity index (χ2v) is 9.67. The van der Waals surface area contributed by atoms with Gasteiger partial charge in [-0.2, -0.15) is 0 Å². The van der Waals surface area contributed by atoms with Gasteiger partial charge in [0, 0.05) is 12.1 Å². The number of hydrogen-bond acceptors (Lipinski definition) is 4. The van der Waals surface area contributed by atoms with Crippen LogP contribution in [-0.2, 0) is 10.0 Å². The summed E-state index contributed by atoms with van der Waals surface area (Å²) in [6.07, 6.45) is 2.06. The van der Waals surface area contributed by atoms with E-state index in [0.29, 0.717) is 22.9 Å². The van der Waals surface area contributed by atoms with E-state index in [1.807, 2.05) is 54.6 Å². The van der Waals surface area contributed by atoms with Crippen LogP contribution in [0.3, 0.4) is 0 Å². The van der Waals surface area contributed by atoms with E-state index in [1.54, 1.807) is 35.7 Å². The van der Waals surface area contributed by atoms with Crippen molar-refractivity contribution in [2.45, 2.75) is 17.7 Å². The summed E-state index contributed by atoms with van der Waals surface area (Å²) >= 11 is 0. The molecule has 6 heteroatoms. The third-order valence-electron chi connectivity index (χ3n) is 5.71. The van der Waals surface area contributed by atoms with Crippen molar-refractivity contribution in [3.8, 4) is 16.9 Å². The first-order valence-electron chi connectivity index (χ1n) is 10.6. The van der Waals surface area contributed by atoms with Crippen LogP contribution in [0.25, 0.3) is 11.1 Å². The van der Waals surface area contributed by atoms with Crippen LogP contribution in [0.2, 0.25) is 0 Å². The zero-order valence-electron chi connectivity index (χ0n) is 17.7. The molecule has 31 heavy (non-hydrogen) atoms. The van der Waals surface area contributed by atoms with Gasteiger partial charge in [0.05, 0.1) is 17.7 Å². The standard InChI is InChI=1S/C25H28N2O3S/c1-30-22-14-15-25(24(17-22)21-10-4-2-5-11-21)27(19-20-9-8-16-26-18-20)31(28,29)23-12-6-3-7-13-23/h2-7,10-15,17,20,26H,8-9,16,18-19H2,1H3. The zero-order chi connectivity index (χ0) is 21.7. The molecule has 1 aliphatic heterocycles. The second kappa shape index (κ2) is 9.54. The summed E-state index contributed by atoms with van der Waals surface area (Å²) in [6, 6.07) is 24.1. The average molecular weight is 437 g/mol. The number of nitrogens with one attached hydrogen (secondary N) is 1. The maximum absolute atomic E-state index is 13.8. The van der Waals surface area contributed by atoms with Gasteiger partial charge in [-0.3, -0.25) is 4.31 Å². The molecule has 1 heterocycles. The number of rotatable bonds is 7. The monoisotopic (exact) mass is 436 g/mol. The van der Waals surface area contributed by atoms with Gasteiger partial charge in [0.25, 0.3) is 10.0 Å². The predicted molar refractivity (Wildman–Crippen MR) is 125 cm³/mol. The maximum Gasteiger partial charge on any atom is 0.264 e. The van der Waals surface area contributed by atoms with Crippen LogP contribution >= 0.6 is 0 Å². The first kappa shape index (κ1) is 21.4. The number of anilines is 1. The Labute approximate surface area is 184 Å². The number of sulfonamides is 1. The molecule has 0 saturated carbocycles. The highest BCUT2D eigenvalue weighted by Gasteiger charge is 2.30. The highest BCUT2D eigenvalue weighted by Crippen LogP contribution is 2.37. The minimum atomic E-state index is -3.74. The molecule has 1 saturated heterocycles. The van der Waals surface area contributed by atoms with Crippen molar-refractivity contribution in [3.05, 3.63) is 78.9 Å². The van der Waals surface area contributed by atoms with Crippen molar-refractivity contribution in [3.63, 3.8) is 0 Å². The molecule has 5 nitrogen and oxygen atoms in total. The molecule has 3 aromatic carbocycles. The molecular weight excluding hydrogens is 408 g/mol. The average Bonchev–Trinajstić information content (AvgIpc) is 2.84. The summed E-state index contributed by atoms with van der Waals surface area (Å²) in [5.41, 5.74) is 2.45. The van der Waals surface area contributed by atoms with Crippen molar-refractivity contribution in [1.29, 1.82) is 0 Å². The van der Waals surface area contributed by atoms with Gasteiger partial charge >= 0.3 is 0 Å². The summed E-state index contributed by atoms with van der Waals surface area (Å²) in [5.74, 6) is 0.942. The molecule has 4 rings (SSSR count). The van der Waals surface area contributed by atoms with Gasteiger partial charge < -0.3 is 10.1 Å². The molecule has 1 fully saturated rings. The number of ether oxygens (including phenoxy) is 1. The molecular formula is C25H28N2O3S. The summed E-state index contributed by atoms with van der Waals surface area (Å²) in [6.45, 7) is 2.23. The van der Waals surface area contributed by atoms with Crippen LogP contribution in [0.5, 0.6) is 5.75 Å². The lowest BCUT2D eigenvalue weighted by Gasteiger charge is -2.32. The smallest absolute Gasteiger partial charge is 0.264 e. The lowest BCUT2D eigenvalue weighted by molar-refractivity contribution is 0.385. The van der Waals surface area contributed by atoms with Gasteiger partial charge in [-0.05, 0) is 67.7 Å². The van der Waals surface area contributed by atoms with E-state index in [1.165, 1.54) is 0 Å².